The van der Waals surface area contributed by atoms with E-state index < -0.39 is 35.3 Å². The Morgan fingerprint density at radius 1 is 1.17 bits per heavy atom. The maximum atomic E-state index is 12.7. The van der Waals surface area contributed by atoms with Gasteiger partial charge in [-0.05, 0) is 17.7 Å². The van der Waals surface area contributed by atoms with Gasteiger partial charge in [0.2, 0.25) is 0 Å². The van der Waals surface area contributed by atoms with E-state index >= 15 is 0 Å². The van der Waals surface area contributed by atoms with Gasteiger partial charge in [-0.25, -0.2) is 14.0 Å². The number of carbonyl (C=O) groups is 2. The van der Waals surface area contributed by atoms with E-state index in [4.69, 9.17) is 0 Å². The fourth-order valence-electron chi connectivity index (χ4n) is 1.62. The van der Waals surface area contributed by atoms with Gasteiger partial charge in [-0.15, -0.1) is 0 Å². The highest BCUT2D eigenvalue weighted by Crippen LogP contribution is 2.02. The van der Waals surface area contributed by atoms with Crippen LogP contribution in [0.4, 0.5) is 4.39 Å². The number of esters is 1. The predicted molar refractivity (Wildman–Crippen MR) is 76.2 cm³/mol. The van der Waals surface area contributed by atoms with Crippen LogP contribution < -0.4 is 16.6 Å². The Bertz CT molecular complexity index is 825. The summed E-state index contributed by atoms with van der Waals surface area (Å²) in [6, 6.07) is 5.51. The lowest BCUT2D eigenvalue weighted by atomic mass is 10.2. The summed E-state index contributed by atoms with van der Waals surface area (Å²) in [5.74, 6) is -2.02. The Kier molecular flexibility index (Phi) is 5.03. The molecule has 0 fully saturated rings. The maximum Gasteiger partial charge on any atom is 0.345 e. The van der Waals surface area contributed by atoms with E-state index in [-0.39, 0.29) is 12.4 Å². The second-order valence-electron chi connectivity index (χ2n) is 4.46. The van der Waals surface area contributed by atoms with Crippen LogP contribution in [-0.2, 0) is 16.1 Å². The third-order valence-corrected chi connectivity index (χ3v) is 2.78. The van der Waals surface area contributed by atoms with Crippen molar-refractivity contribution in [3.63, 3.8) is 0 Å². The molecule has 0 bridgehead atoms. The molecule has 0 aliphatic heterocycles. The summed E-state index contributed by atoms with van der Waals surface area (Å²) in [6.45, 7) is -0.464. The van der Waals surface area contributed by atoms with Crippen LogP contribution in [0.25, 0.3) is 0 Å². The molecule has 120 valence electrons. The molecule has 0 aliphatic carbocycles. The molecule has 0 atom stereocenters. The molecule has 1 aromatic heterocycles. The summed E-state index contributed by atoms with van der Waals surface area (Å²) in [5.41, 5.74) is -1.42. The molecule has 3 N–H and O–H groups in total. The van der Waals surface area contributed by atoms with Crippen molar-refractivity contribution in [2.45, 2.75) is 6.54 Å². The molecule has 2 aromatic rings. The summed E-state index contributed by atoms with van der Waals surface area (Å²) in [5, 5.41) is 2.47. The molecule has 0 saturated carbocycles. The minimum Gasteiger partial charge on any atom is -0.452 e. The maximum absolute atomic E-state index is 12.7. The van der Waals surface area contributed by atoms with Crippen LogP contribution in [0.15, 0.2) is 40.1 Å². The summed E-state index contributed by atoms with van der Waals surface area (Å²) in [6.07, 6.45) is 0.903. The molecular weight excluding hydrogens is 309 g/mol. The Morgan fingerprint density at radius 2 is 1.87 bits per heavy atom. The average Bonchev–Trinajstić information content (AvgIpc) is 2.52. The van der Waals surface area contributed by atoms with Gasteiger partial charge in [-0.2, -0.15) is 0 Å². The lowest BCUT2D eigenvalue weighted by molar-refractivity contribution is -0.124. The van der Waals surface area contributed by atoms with Crippen molar-refractivity contribution >= 4 is 11.9 Å². The lowest BCUT2D eigenvalue weighted by Gasteiger charge is -2.06. The largest absolute Gasteiger partial charge is 0.452 e. The summed E-state index contributed by atoms with van der Waals surface area (Å²) < 4.78 is 17.4. The van der Waals surface area contributed by atoms with Crippen molar-refractivity contribution in [2.75, 3.05) is 6.61 Å². The first-order valence-corrected chi connectivity index (χ1v) is 6.46. The van der Waals surface area contributed by atoms with Crippen molar-refractivity contribution in [1.29, 1.82) is 0 Å². The zero-order valence-corrected chi connectivity index (χ0v) is 11.7. The fraction of sp³-hybridized carbons (Fsp3) is 0.143. The van der Waals surface area contributed by atoms with Gasteiger partial charge in [0.25, 0.3) is 11.5 Å². The van der Waals surface area contributed by atoms with E-state index in [1.165, 1.54) is 24.3 Å². The van der Waals surface area contributed by atoms with Crippen LogP contribution in [0.1, 0.15) is 15.9 Å². The summed E-state index contributed by atoms with van der Waals surface area (Å²) in [7, 11) is 0. The Hall–Kier alpha value is -3.23. The number of nitrogens with one attached hydrogen (secondary N) is 3. The molecule has 1 heterocycles. The Balaban J connectivity index is 1.84. The number of carbonyl (C=O) groups excluding carboxylic acids is 2. The van der Waals surface area contributed by atoms with E-state index in [0.717, 1.165) is 6.20 Å². The second-order valence-corrected chi connectivity index (χ2v) is 4.46. The quantitative estimate of drug-likeness (QED) is 0.651. The minimum absolute atomic E-state index is 0.135. The molecule has 23 heavy (non-hydrogen) atoms. The number of aromatic nitrogens is 2. The Labute approximate surface area is 128 Å². The lowest BCUT2D eigenvalue weighted by Crippen LogP contribution is -2.31. The number of rotatable bonds is 5. The number of halogens is 1. The van der Waals surface area contributed by atoms with Crippen LogP contribution in [0.5, 0.6) is 0 Å². The van der Waals surface area contributed by atoms with Crippen molar-refractivity contribution in [3.05, 3.63) is 68.2 Å². The normalized spacial score (nSPS) is 10.1. The van der Waals surface area contributed by atoms with E-state index in [0.29, 0.717) is 5.56 Å². The van der Waals surface area contributed by atoms with Gasteiger partial charge in [0.15, 0.2) is 6.61 Å². The number of ether oxygens (including phenoxy) is 1. The van der Waals surface area contributed by atoms with Crippen molar-refractivity contribution < 1.29 is 18.7 Å². The zero-order valence-electron chi connectivity index (χ0n) is 11.7. The van der Waals surface area contributed by atoms with Gasteiger partial charge in [0.05, 0.1) is 0 Å². The van der Waals surface area contributed by atoms with Crippen LogP contribution in [0.3, 0.4) is 0 Å². The van der Waals surface area contributed by atoms with E-state index in [1.807, 2.05) is 4.98 Å². The molecule has 1 amide bonds. The SMILES string of the molecule is O=C(COC(=O)c1c[nH]c(=O)[nH]c1=O)NCc1ccc(F)cc1. The Morgan fingerprint density at radius 3 is 2.52 bits per heavy atom. The molecule has 0 saturated heterocycles. The molecule has 2 rings (SSSR count). The highest BCUT2D eigenvalue weighted by Gasteiger charge is 2.14. The van der Waals surface area contributed by atoms with Crippen molar-refractivity contribution in [3.8, 4) is 0 Å². The highest BCUT2D eigenvalue weighted by molar-refractivity contribution is 5.90. The summed E-state index contributed by atoms with van der Waals surface area (Å²) in [4.78, 5) is 49.3. The topological polar surface area (TPSA) is 121 Å². The number of benzene rings is 1. The van der Waals surface area contributed by atoms with Gasteiger partial charge in [0.1, 0.15) is 11.4 Å². The minimum atomic E-state index is -1.04. The average molecular weight is 321 g/mol. The van der Waals surface area contributed by atoms with Gasteiger partial charge in [0, 0.05) is 12.7 Å². The van der Waals surface area contributed by atoms with Gasteiger partial charge >= 0.3 is 11.7 Å². The third kappa shape index (κ3) is 4.63. The van der Waals surface area contributed by atoms with E-state index in [2.05, 4.69) is 15.0 Å². The molecular formula is C14H12FN3O5. The smallest absolute Gasteiger partial charge is 0.345 e. The molecule has 0 unspecified atom stereocenters. The van der Waals surface area contributed by atoms with Gasteiger partial charge < -0.3 is 15.0 Å². The molecule has 0 radical (unpaired) electrons. The van der Waals surface area contributed by atoms with Crippen molar-refractivity contribution in [2.24, 2.45) is 0 Å². The van der Waals surface area contributed by atoms with Crippen LogP contribution in [-0.4, -0.2) is 28.5 Å². The first-order chi connectivity index (χ1) is 11.0. The van der Waals surface area contributed by atoms with E-state index in [1.54, 1.807) is 0 Å². The second kappa shape index (κ2) is 7.16. The summed E-state index contributed by atoms with van der Waals surface area (Å²) >= 11 is 0. The van der Waals surface area contributed by atoms with Crippen LogP contribution >= 0.6 is 0 Å². The highest BCUT2D eigenvalue weighted by atomic mass is 19.1. The molecule has 8 nitrogen and oxygen atoms in total. The number of aromatic amines is 2. The third-order valence-electron chi connectivity index (χ3n) is 2.78. The molecule has 1 aromatic carbocycles. The first kappa shape index (κ1) is 16.1. The van der Waals surface area contributed by atoms with Gasteiger partial charge in [-0.1, -0.05) is 12.1 Å². The number of H-pyrrole nitrogens is 2. The van der Waals surface area contributed by atoms with Crippen molar-refractivity contribution in [1.82, 2.24) is 15.3 Å². The first-order valence-electron chi connectivity index (χ1n) is 6.46. The predicted octanol–water partition coefficient (Wildman–Crippen LogP) is -0.324. The number of hydrogen-bond donors (Lipinski definition) is 3. The van der Waals surface area contributed by atoms with Crippen LogP contribution in [0, 0.1) is 5.82 Å². The molecule has 0 aliphatic rings. The number of amides is 1. The van der Waals surface area contributed by atoms with Gasteiger partial charge in [-0.3, -0.25) is 14.6 Å². The van der Waals surface area contributed by atoms with E-state index in [9.17, 15) is 23.6 Å². The molecule has 0 spiro atoms. The zero-order chi connectivity index (χ0) is 16.8. The standard InChI is InChI=1S/C14H12FN3O5/c15-9-3-1-8(2-4-9)5-16-11(19)7-23-13(21)10-6-17-14(22)18-12(10)20/h1-4,6H,5,7H2,(H,16,19)(H2,17,18,20,22). The number of hydrogen-bond acceptors (Lipinski definition) is 5. The molecule has 9 heteroatoms. The van der Waals surface area contributed by atoms with Crippen LogP contribution in [0.2, 0.25) is 0 Å². The monoisotopic (exact) mass is 321 g/mol. The fourth-order valence-corrected chi connectivity index (χ4v) is 1.62.